The minimum Gasteiger partial charge on any atom is -0.356 e. The Morgan fingerprint density at radius 1 is 1.15 bits per heavy atom. The Bertz CT molecular complexity index is 696. The lowest BCUT2D eigenvalue weighted by Crippen LogP contribution is -2.51. The monoisotopic (exact) mass is 408 g/mol. The summed E-state index contributed by atoms with van der Waals surface area (Å²) in [6.07, 6.45) is -5.15. The largest absolute Gasteiger partial charge is 0.416 e. The molecule has 0 unspecified atom stereocenters. The van der Waals surface area contributed by atoms with Gasteiger partial charge in [0.2, 0.25) is 0 Å². The van der Waals surface area contributed by atoms with Crippen LogP contribution in [0.15, 0.2) is 18.2 Å². The number of anilines is 1. The van der Waals surface area contributed by atoms with Crippen molar-refractivity contribution < 1.29 is 32.2 Å². The maximum absolute atomic E-state index is 12.9. The van der Waals surface area contributed by atoms with Gasteiger partial charge >= 0.3 is 18.0 Å². The number of hydrogen-bond donors (Lipinski definition) is 4. The first-order valence-electron chi connectivity index (χ1n) is 7.47. The van der Waals surface area contributed by atoms with Gasteiger partial charge in [-0.1, -0.05) is 6.07 Å². The highest BCUT2D eigenvalue weighted by Crippen LogP contribution is 2.34. The average Bonchev–Trinajstić information content (AvgIpc) is 2.61. The number of alkyl halides is 3. The highest BCUT2D eigenvalue weighted by molar-refractivity contribution is 7.80. The van der Waals surface area contributed by atoms with Crippen LogP contribution in [0.1, 0.15) is 11.1 Å². The van der Waals surface area contributed by atoms with Crippen molar-refractivity contribution >= 4 is 34.8 Å². The Morgan fingerprint density at radius 3 is 2.33 bits per heavy atom. The van der Waals surface area contributed by atoms with Gasteiger partial charge in [-0.05, 0) is 36.8 Å². The van der Waals surface area contributed by atoms with Crippen molar-refractivity contribution in [2.24, 2.45) is 0 Å². The second-order valence-electron chi connectivity index (χ2n) is 5.12. The van der Waals surface area contributed by atoms with Crippen molar-refractivity contribution in [1.29, 1.82) is 0 Å². The molecule has 0 bridgehead atoms. The number of amides is 2. The van der Waals surface area contributed by atoms with Crippen molar-refractivity contribution in [2.45, 2.75) is 19.4 Å². The van der Waals surface area contributed by atoms with Crippen LogP contribution in [0, 0.1) is 6.92 Å². The number of thiocarbonyl (C=S) groups is 1. The predicted octanol–water partition coefficient (Wildman–Crippen LogP) is 1.07. The summed E-state index contributed by atoms with van der Waals surface area (Å²) in [6, 6.07) is 3.26. The number of nitrogens with one attached hydrogen (secondary N) is 4. The molecule has 0 aliphatic carbocycles. The second kappa shape index (κ2) is 10.0. The number of carbonyl (C=O) groups excluding carboxylic acids is 2. The minimum absolute atomic E-state index is 0.0227. The van der Waals surface area contributed by atoms with E-state index in [4.69, 9.17) is 21.7 Å². The summed E-state index contributed by atoms with van der Waals surface area (Å²) in [4.78, 5) is 23.6. The van der Waals surface area contributed by atoms with E-state index in [2.05, 4.69) is 16.1 Å². The van der Waals surface area contributed by atoms with E-state index in [-0.39, 0.29) is 22.9 Å². The molecule has 2 amide bonds. The maximum Gasteiger partial charge on any atom is 0.416 e. The van der Waals surface area contributed by atoms with Gasteiger partial charge in [0.25, 0.3) is 0 Å². The number of benzene rings is 1. The average molecular weight is 408 g/mol. The minimum atomic E-state index is -4.57. The van der Waals surface area contributed by atoms with Crippen LogP contribution in [0.5, 0.6) is 0 Å². The first-order valence-corrected chi connectivity index (χ1v) is 7.88. The van der Waals surface area contributed by atoms with Gasteiger partial charge in [0, 0.05) is 19.9 Å². The van der Waals surface area contributed by atoms with Gasteiger partial charge in [0.15, 0.2) is 11.4 Å². The highest BCUT2D eigenvalue weighted by atomic mass is 32.1. The molecule has 27 heavy (non-hydrogen) atoms. The topological polar surface area (TPSA) is 101 Å². The van der Waals surface area contributed by atoms with E-state index in [1.165, 1.54) is 27.2 Å². The quantitative estimate of drug-likeness (QED) is 0.250. The van der Waals surface area contributed by atoms with Crippen LogP contribution in [-0.2, 0) is 25.2 Å². The summed E-state index contributed by atoms with van der Waals surface area (Å²) in [6.45, 7) is 1.36. The number of methoxy groups -OCH3 is 2. The SMILES string of the molecule is COC(CNC(=S)NNC(=O)C(=O)Nc1cccc(C(F)(F)F)c1C)OC. The molecule has 150 valence electrons. The fourth-order valence-corrected chi connectivity index (χ4v) is 2.05. The Labute approximate surface area is 158 Å². The zero-order valence-corrected chi connectivity index (χ0v) is 15.5. The van der Waals surface area contributed by atoms with Gasteiger partial charge in [-0.15, -0.1) is 0 Å². The smallest absolute Gasteiger partial charge is 0.356 e. The molecule has 0 atom stereocenters. The summed E-state index contributed by atoms with van der Waals surface area (Å²) in [5.74, 6) is -2.31. The lowest BCUT2D eigenvalue weighted by atomic mass is 10.1. The van der Waals surface area contributed by atoms with Crippen LogP contribution in [-0.4, -0.2) is 44.0 Å². The lowest BCUT2D eigenvalue weighted by Gasteiger charge is -2.17. The third-order valence-electron chi connectivity index (χ3n) is 3.34. The molecule has 0 aliphatic heterocycles. The fraction of sp³-hybridized carbons (Fsp3) is 0.400. The van der Waals surface area contributed by atoms with Crippen LogP contribution < -0.4 is 21.5 Å². The van der Waals surface area contributed by atoms with Crippen LogP contribution in [0.3, 0.4) is 0 Å². The van der Waals surface area contributed by atoms with E-state index in [1.807, 2.05) is 5.43 Å². The third kappa shape index (κ3) is 7.00. The second-order valence-corrected chi connectivity index (χ2v) is 5.53. The molecule has 0 aromatic heterocycles. The molecule has 0 heterocycles. The first kappa shape index (κ1) is 22.6. The molecule has 0 radical (unpaired) electrons. The predicted molar refractivity (Wildman–Crippen MR) is 94.5 cm³/mol. The Morgan fingerprint density at radius 2 is 1.78 bits per heavy atom. The van der Waals surface area contributed by atoms with E-state index in [0.717, 1.165) is 12.1 Å². The molecule has 8 nitrogen and oxygen atoms in total. The first-order chi connectivity index (χ1) is 12.6. The van der Waals surface area contributed by atoms with E-state index in [9.17, 15) is 22.8 Å². The summed E-state index contributed by atoms with van der Waals surface area (Å²) < 4.78 is 48.5. The summed E-state index contributed by atoms with van der Waals surface area (Å²) in [7, 11) is 2.85. The molecule has 4 N–H and O–H groups in total. The Hall–Kier alpha value is -2.44. The van der Waals surface area contributed by atoms with Gasteiger partial charge in [-0.2, -0.15) is 13.2 Å². The number of halogens is 3. The van der Waals surface area contributed by atoms with Crippen molar-refractivity contribution in [2.75, 3.05) is 26.1 Å². The van der Waals surface area contributed by atoms with E-state index in [0.29, 0.717) is 0 Å². The van der Waals surface area contributed by atoms with Gasteiger partial charge < -0.3 is 20.1 Å². The van der Waals surface area contributed by atoms with E-state index < -0.39 is 29.8 Å². The standard InChI is InChI=1S/C15H19F3N4O4S/c1-8-9(15(16,17)18)5-4-6-10(8)20-12(23)13(24)21-22-14(27)19-7-11(25-2)26-3/h4-6,11H,7H2,1-3H3,(H,20,23)(H,21,24)(H2,19,22,27). The number of carbonyl (C=O) groups is 2. The number of hydrogen-bond acceptors (Lipinski definition) is 5. The summed E-state index contributed by atoms with van der Waals surface area (Å²) in [5.41, 5.74) is 3.04. The molecule has 0 saturated carbocycles. The number of rotatable bonds is 5. The third-order valence-corrected chi connectivity index (χ3v) is 3.58. The maximum atomic E-state index is 12.9. The molecule has 0 saturated heterocycles. The van der Waals surface area contributed by atoms with Crippen LogP contribution in [0.4, 0.5) is 18.9 Å². The van der Waals surface area contributed by atoms with Crippen molar-refractivity contribution in [1.82, 2.24) is 16.2 Å². The normalized spacial score (nSPS) is 11.1. The molecule has 1 aromatic rings. The number of hydrazine groups is 1. The van der Waals surface area contributed by atoms with Crippen LogP contribution >= 0.6 is 12.2 Å². The fourth-order valence-electron chi connectivity index (χ4n) is 1.91. The van der Waals surface area contributed by atoms with Gasteiger partial charge in [0.05, 0.1) is 12.1 Å². The molecule has 1 aromatic carbocycles. The highest BCUT2D eigenvalue weighted by Gasteiger charge is 2.33. The molecule has 1 rings (SSSR count). The zero-order chi connectivity index (χ0) is 20.6. The van der Waals surface area contributed by atoms with Crippen molar-refractivity contribution in [3.63, 3.8) is 0 Å². The molecule has 0 aliphatic rings. The van der Waals surface area contributed by atoms with Gasteiger partial charge in [-0.3, -0.25) is 20.4 Å². The van der Waals surface area contributed by atoms with E-state index >= 15 is 0 Å². The molecule has 0 spiro atoms. The van der Waals surface area contributed by atoms with Gasteiger partial charge in [0.1, 0.15) is 0 Å². The zero-order valence-electron chi connectivity index (χ0n) is 14.7. The van der Waals surface area contributed by atoms with E-state index in [1.54, 1.807) is 0 Å². The number of ether oxygens (including phenoxy) is 2. The van der Waals surface area contributed by atoms with Crippen LogP contribution in [0.25, 0.3) is 0 Å². The molecule has 12 heteroatoms. The van der Waals surface area contributed by atoms with Crippen LogP contribution in [0.2, 0.25) is 0 Å². The molecular formula is C15H19F3N4O4S. The summed E-state index contributed by atoms with van der Waals surface area (Å²) >= 11 is 4.88. The van der Waals surface area contributed by atoms with Crippen molar-refractivity contribution in [3.8, 4) is 0 Å². The lowest BCUT2D eigenvalue weighted by molar-refractivity contribution is -0.138. The Balaban J connectivity index is 2.59. The van der Waals surface area contributed by atoms with Gasteiger partial charge in [-0.25, -0.2) is 0 Å². The Kier molecular flexibility index (Phi) is 8.40. The van der Waals surface area contributed by atoms with Crippen molar-refractivity contribution in [3.05, 3.63) is 29.3 Å². The molecular weight excluding hydrogens is 389 g/mol. The molecule has 0 fully saturated rings. The summed E-state index contributed by atoms with van der Waals surface area (Å²) in [5, 5.41) is 4.76.